The van der Waals surface area contributed by atoms with Crippen molar-refractivity contribution in [2.75, 3.05) is 0 Å². The van der Waals surface area contributed by atoms with Crippen LogP contribution in [0.3, 0.4) is 0 Å². The summed E-state index contributed by atoms with van der Waals surface area (Å²) in [5, 5.41) is 8.69. The fourth-order valence-electron chi connectivity index (χ4n) is 3.43. The summed E-state index contributed by atoms with van der Waals surface area (Å²) in [5.74, 6) is -5.34. The first-order valence-corrected chi connectivity index (χ1v) is 9.68. The average Bonchev–Trinajstić information content (AvgIpc) is 2.72. The number of hydrogen-bond acceptors (Lipinski definition) is 1. The number of rotatable bonds is 7. The van der Waals surface area contributed by atoms with Crippen molar-refractivity contribution in [3.8, 4) is 6.07 Å². The minimum atomic E-state index is -1.04. The van der Waals surface area contributed by atoms with Crippen LogP contribution >= 0.6 is 0 Å². The van der Waals surface area contributed by atoms with Crippen LogP contribution in [0.1, 0.15) is 33.4 Å². The van der Waals surface area contributed by atoms with Crippen LogP contribution in [0.5, 0.6) is 0 Å². The zero-order valence-electron chi connectivity index (χ0n) is 16.8. The van der Waals surface area contributed by atoms with E-state index in [9.17, 15) is 26.3 Å². The predicted octanol–water partition coefficient (Wildman–Crippen LogP) is 6.61. The lowest BCUT2D eigenvalue weighted by Crippen LogP contribution is -2.04. The smallest absolute Gasteiger partial charge is 0.144 e. The van der Waals surface area contributed by atoms with Gasteiger partial charge in [0.1, 0.15) is 46.5 Å². The highest BCUT2D eigenvalue weighted by molar-refractivity contribution is 5.48. The first-order chi connectivity index (χ1) is 15.2. The molecule has 0 saturated carbocycles. The minimum Gasteiger partial charge on any atom is -0.207 e. The summed E-state index contributed by atoms with van der Waals surface area (Å²) in [6, 6.07) is 7.72. The molecule has 0 atom stereocenters. The Hall–Kier alpha value is -3.53. The molecule has 0 bridgehead atoms. The standard InChI is InChI=1S/C25H17F6N/c1-2-14-7-20(26)17(21(27)8-14)5-3-15-9-22(28)18(23(29)10-15)6-4-16-11-24(30)19(13-32)25(31)12-16/h2,7-12H,1,3-6H2. The highest BCUT2D eigenvalue weighted by atomic mass is 19.2. The van der Waals surface area contributed by atoms with Crippen molar-refractivity contribution in [3.63, 3.8) is 0 Å². The van der Waals surface area contributed by atoms with E-state index in [4.69, 9.17) is 5.26 Å². The van der Waals surface area contributed by atoms with E-state index >= 15 is 0 Å². The third-order valence-electron chi connectivity index (χ3n) is 5.14. The van der Waals surface area contributed by atoms with E-state index in [1.54, 1.807) is 0 Å². The Morgan fingerprint density at radius 3 is 1.38 bits per heavy atom. The van der Waals surface area contributed by atoms with Crippen molar-refractivity contribution in [2.24, 2.45) is 0 Å². The number of hydrogen-bond donors (Lipinski definition) is 0. The molecular weight excluding hydrogens is 428 g/mol. The first-order valence-electron chi connectivity index (χ1n) is 9.68. The SMILES string of the molecule is C=Cc1cc(F)c(CCc2cc(F)c(CCc3cc(F)c(C#N)c(F)c3)c(F)c2)c(F)c1. The average molecular weight is 445 g/mol. The molecule has 3 rings (SSSR count). The molecule has 0 aliphatic carbocycles. The maximum Gasteiger partial charge on any atom is 0.144 e. The molecule has 0 aromatic heterocycles. The van der Waals surface area contributed by atoms with Crippen LogP contribution in [0.2, 0.25) is 0 Å². The fourth-order valence-corrected chi connectivity index (χ4v) is 3.43. The number of halogens is 6. The highest BCUT2D eigenvalue weighted by Gasteiger charge is 2.16. The van der Waals surface area contributed by atoms with Gasteiger partial charge in [-0.15, -0.1) is 0 Å². The second-order valence-corrected chi connectivity index (χ2v) is 7.25. The molecule has 32 heavy (non-hydrogen) atoms. The third kappa shape index (κ3) is 5.02. The molecule has 0 N–H and O–H groups in total. The van der Waals surface area contributed by atoms with Gasteiger partial charge >= 0.3 is 0 Å². The molecule has 0 amide bonds. The summed E-state index contributed by atoms with van der Waals surface area (Å²) in [5.41, 5.74) is -0.534. The molecular formula is C25H17F6N. The molecule has 3 aromatic rings. The van der Waals surface area contributed by atoms with Crippen LogP contribution in [-0.2, 0) is 25.7 Å². The molecule has 0 unspecified atom stereocenters. The van der Waals surface area contributed by atoms with Crippen molar-refractivity contribution in [2.45, 2.75) is 25.7 Å². The van der Waals surface area contributed by atoms with Gasteiger partial charge in [-0.2, -0.15) is 5.26 Å². The first kappa shape index (κ1) is 23.1. The van der Waals surface area contributed by atoms with E-state index in [-0.39, 0.29) is 53.5 Å². The van der Waals surface area contributed by atoms with Crippen LogP contribution in [0.15, 0.2) is 43.0 Å². The zero-order chi connectivity index (χ0) is 23.4. The maximum absolute atomic E-state index is 14.5. The number of aryl methyl sites for hydroxylation is 2. The summed E-state index contributed by atoms with van der Waals surface area (Å²) in [6.45, 7) is 3.45. The molecule has 0 spiro atoms. The normalized spacial score (nSPS) is 10.8. The molecule has 1 nitrogen and oxygen atoms in total. The van der Waals surface area contributed by atoms with Gasteiger partial charge in [-0.05, 0) is 78.8 Å². The molecule has 0 fully saturated rings. The largest absolute Gasteiger partial charge is 0.207 e. The lowest BCUT2D eigenvalue weighted by molar-refractivity contribution is 0.545. The molecule has 0 aliphatic rings. The number of nitrogens with zero attached hydrogens (tertiary/aromatic N) is 1. The van der Waals surface area contributed by atoms with E-state index in [0.717, 1.165) is 36.4 Å². The van der Waals surface area contributed by atoms with Crippen LogP contribution in [-0.4, -0.2) is 0 Å². The predicted molar refractivity (Wildman–Crippen MR) is 109 cm³/mol. The second kappa shape index (κ2) is 9.73. The molecule has 164 valence electrons. The van der Waals surface area contributed by atoms with E-state index in [1.165, 1.54) is 12.1 Å². The lowest BCUT2D eigenvalue weighted by atomic mass is 9.98. The summed E-state index contributed by atoms with van der Waals surface area (Å²) in [7, 11) is 0. The van der Waals surface area contributed by atoms with Crippen molar-refractivity contribution < 1.29 is 26.3 Å². The van der Waals surface area contributed by atoms with E-state index in [0.29, 0.717) is 0 Å². The van der Waals surface area contributed by atoms with Crippen molar-refractivity contribution in [1.82, 2.24) is 0 Å². The van der Waals surface area contributed by atoms with E-state index < -0.39 is 40.5 Å². The maximum atomic E-state index is 14.5. The summed E-state index contributed by atoms with van der Waals surface area (Å²) < 4.78 is 84.5. The van der Waals surface area contributed by atoms with Crippen LogP contribution in [0.25, 0.3) is 6.08 Å². The number of benzene rings is 3. The summed E-state index contributed by atoms with van der Waals surface area (Å²) in [6.07, 6.45) is 0.979. The van der Waals surface area contributed by atoms with Crippen molar-refractivity contribution >= 4 is 6.08 Å². The zero-order valence-corrected chi connectivity index (χ0v) is 16.8. The van der Waals surface area contributed by atoms with Gasteiger partial charge in [0.25, 0.3) is 0 Å². The highest BCUT2D eigenvalue weighted by Crippen LogP contribution is 2.23. The van der Waals surface area contributed by atoms with Gasteiger partial charge in [0.2, 0.25) is 0 Å². The van der Waals surface area contributed by atoms with Crippen molar-refractivity contribution in [3.05, 3.63) is 111 Å². The van der Waals surface area contributed by atoms with E-state index in [1.807, 2.05) is 0 Å². The third-order valence-corrected chi connectivity index (χ3v) is 5.14. The molecule has 0 aliphatic heterocycles. The van der Waals surface area contributed by atoms with Gasteiger partial charge in [0, 0.05) is 11.1 Å². The van der Waals surface area contributed by atoms with Gasteiger partial charge in [0.05, 0.1) is 0 Å². The van der Waals surface area contributed by atoms with Gasteiger partial charge in [-0.25, -0.2) is 26.3 Å². The Kier molecular flexibility index (Phi) is 7.04. The molecule has 0 radical (unpaired) electrons. The van der Waals surface area contributed by atoms with Crippen molar-refractivity contribution in [1.29, 1.82) is 5.26 Å². The Labute approximate surface area is 181 Å². The quantitative estimate of drug-likeness (QED) is 0.376. The Balaban J connectivity index is 1.73. The van der Waals surface area contributed by atoms with Crippen LogP contribution < -0.4 is 0 Å². The molecule has 0 heterocycles. The van der Waals surface area contributed by atoms with Gasteiger partial charge < -0.3 is 0 Å². The minimum absolute atomic E-state index is 0.00143. The van der Waals surface area contributed by atoms with Crippen LogP contribution in [0.4, 0.5) is 26.3 Å². The Morgan fingerprint density at radius 2 is 1.00 bits per heavy atom. The lowest BCUT2D eigenvalue weighted by Gasteiger charge is -2.10. The summed E-state index contributed by atoms with van der Waals surface area (Å²) in [4.78, 5) is 0. The second-order valence-electron chi connectivity index (χ2n) is 7.25. The van der Waals surface area contributed by atoms with Gasteiger partial charge in [0.15, 0.2) is 0 Å². The Bertz CT molecular complexity index is 1160. The summed E-state index contributed by atoms with van der Waals surface area (Å²) >= 11 is 0. The Morgan fingerprint density at radius 1 is 0.625 bits per heavy atom. The number of nitriles is 1. The monoisotopic (exact) mass is 445 g/mol. The molecule has 3 aromatic carbocycles. The fraction of sp³-hybridized carbons (Fsp3) is 0.160. The van der Waals surface area contributed by atoms with E-state index in [2.05, 4.69) is 6.58 Å². The van der Waals surface area contributed by atoms with Crippen LogP contribution in [0, 0.1) is 46.2 Å². The van der Waals surface area contributed by atoms with Gasteiger partial charge in [-0.3, -0.25) is 0 Å². The molecule has 7 heteroatoms. The molecule has 0 saturated heterocycles. The topological polar surface area (TPSA) is 23.8 Å². The van der Waals surface area contributed by atoms with Gasteiger partial charge in [-0.1, -0.05) is 12.7 Å².